The molecule has 1 unspecified atom stereocenters. The molecular formula is C8H16N+. The molecule has 0 saturated heterocycles. The summed E-state index contributed by atoms with van der Waals surface area (Å²) in [4.78, 5) is 0. The van der Waals surface area contributed by atoms with Crippen LogP contribution in [0.1, 0.15) is 19.8 Å². The summed E-state index contributed by atoms with van der Waals surface area (Å²) in [7, 11) is 4.50. The number of nitrogens with zero attached hydrogens (tertiary/aromatic N) is 1. The van der Waals surface area contributed by atoms with Crippen LogP contribution in [-0.4, -0.2) is 24.6 Å². The van der Waals surface area contributed by atoms with Crippen molar-refractivity contribution in [2.75, 3.05) is 14.1 Å². The van der Waals surface area contributed by atoms with Crippen molar-refractivity contribution in [2.24, 2.45) is 0 Å². The molecule has 0 fully saturated rings. The van der Waals surface area contributed by atoms with E-state index in [2.05, 4.69) is 33.3 Å². The van der Waals surface area contributed by atoms with E-state index in [1.54, 1.807) is 0 Å². The lowest BCUT2D eigenvalue weighted by Gasteiger charge is -2.34. The number of allylic oxidation sites excluding steroid dienone is 1. The van der Waals surface area contributed by atoms with Gasteiger partial charge in [-0.1, -0.05) is 0 Å². The SMILES string of the molecule is CC1CCC=C[N+]1(C)C. The van der Waals surface area contributed by atoms with E-state index in [0.717, 1.165) is 10.5 Å². The Morgan fingerprint density at radius 2 is 2.11 bits per heavy atom. The van der Waals surface area contributed by atoms with Gasteiger partial charge in [-0.15, -0.1) is 0 Å². The molecule has 0 bridgehead atoms. The maximum Gasteiger partial charge on any atom is 0.0915 e. The van der Waals surface area contributed by atoms with Gasteiger partial charge >= 0.3 is 0 Å². The largest absolute Gasteiger partial charge is 0.300 e. The van der Waals surface area contributed by atoms with Gasteiger partial charge in [-0.2, -0.15) is 0 Å². The molecule has 1 aliphatic heterocycles. The fourth-order valence-corrected chi connectivity index (χ4v) is 1.16. The van der Waals surface area contributed by atoms with Crippen molar-refractivity contribution in [3.05, 3.63) is 12.3 Å². The summed E-state index contributed by atoms with van der Waals surface area (Å²) < 4.78 is 1.06. The van der Waals surface area contributed by atoms with Crippen LogP contribution in [-0.2, 0) is 0 Å². The molecule has 0 aromatic rings. The monoisotopic (exact) mass is 126 g/mol. The van der Waals surface area contributed by atoms with Crippen molar-refractivity contribution >= 4 is 0 Å². The number of quaternary nitrogens is 1. The van der Waals surface area contributed by atoms with Crippen molar-refractivity contribution in [3.63, 3.8) is 0 Å². The van der Waals surface area contributed by atoms with Crippen LogP contribution >= 0.6 is 0 Å². The smallest absolute Gasteiger partial charge is 0.0915 e. The van der Waals surface area contributed by atoms with Gasteiger partial charge in [0.2, 0.25) is 0 Å². The minimum Gasteiger partial charge on any atom is -0.300 e. The summed E-state index contributed by atoms with van der Waals surface area (Å²) in [6.07, 6.45) is 7.17. The number of hydrogen-bond acceptors (Lipinski definition) is 0. The lowest BCUT2D eigenvalue weighted by Crippen LogP contribution is -2.43. The molecule has 0 saturated carbocycles. The second kappa shape index (κ2) is 2.14. The fourth-order valence-electron chi connectivity index (χ4n) is 1.16. The molecule has 0 N–H and O–H groups in total. The van der Waals surface area contributed by atoms with E-state index in [4.69, 9.17) is 0 Å². The molecule has 0 amide bonds. The Bertz CT molecular complexity index is 125. The van der Waals surface area contributed by atoms with E-state index in [9.17, 15) is 0 Å². The topological polar surface area (TPSA) is 0 Å². The number of rotatable bonds is 0. The van der Waals surface area contributed by atoms with E-state index in [-0.39, 0.29) is 0 Å². The van der Waals surface area contributed by atoms with Crippen LogP contribution in [0.2, 0.25) is 0 Å². The van der Waals surface area contributed by atoms with Crippen LogP contribution in [0.5, 0.6) is 0 Å². The molecule has 1 heteroatoms. The third-order valence-electron chi connectivity index (χ3n) is 2.38. The highest BCUT2D eigenvalue weighted by Gasteiger charge is 2.22. The second-order valence-corrected chi connectivity index (χ2v) is 3.44. The minimum atomic E-state index is 0.801. The fraction of sp³-hybridized carbons (Fsp3) is 0.750. The normalized spacial score (nSPS) is 32.6. The van der Waals surface area contributed by atoms with Crippen LogP contribution in [0, 0.1) is 0 Å². The quantitative estimate of drug-likeness (QED) is 0.434. The summed E-state index contributed by atoms with van der Waals surface area (Å²) >= 11 is 0. The van der Waals surface area contributed by atoms with Crippen LogP contribution in [0.25, 0.3) is 0 Å². The summed E-state index contributed by atoms with van der Waals surface area (Å²) in [5, 5.41) is 0. The molecule has 52 valence electrons. The summed E-state index contributed by atoms with van der Waals surface area (Å²) in [5.41, 5.74) is 0. The van der Waals surface area contributed by atoms with Crippen molar-refractivity contribution in [2.45, 2.75) is 25.8 Å². The van der Waals surface area contributed by atoms with E-state index in [0.29, 0.717) is 0 Å². The Morgan fingerprint density at radius 1 is 1.44 bits per heavy atom. The van der Waals surface area contributed by atoms with E-state index in [1.807, 2.05) is 0 Å². The van der Waals surface area contributed by atoms with Gasteiger partial charge in [0.25, 0.3) is 0 Å². The molecule has 1 nitrogen and oxygen atoms in total. The zero-order valence-electron chi connectivity index (χ0n) is 6.59. The summed E-state index contributed by atoms with van der Waals surface area (Å²) in [6, 6.07) is 0.801. The molecule has 1 atom stereocenters. The molecule has 1 aliphatic rings. The van der Waals surface area contributed by atoms with Gasteiger partial charge in [0, 0.05) is 6.42 Å². The number of hydrogen-bond donors (Lipinski definition) is 0. The highest BCUT2D eigenvalue weighted by atomic mass is 15.3. The maximum atomic E-state index is 2.31. The van der Waals surface area contributed by atoms with Crippen LogP contribution < -0.4 is 0 Å². The van der Waals surface area contributed by atoms with Gasteiger partial charge in [0.05, 0.1) is 26.3 Å². The average molecular weight is 126 g/mol. The van der Waals surface area contributed by atoms with E-state index >= 15 is 0 Å². The predicted octanol–water partition coefficient (Wildman–Crippen LogP) is 1.76. The zero-order valence-corrected chi connectivity index (χ0v) is 6.59. The van der Waals surface area contributed by atoms with Crippen LogP contribution in [0.4, 0.5) is 0 Å². The molecular weight excluding hydrogens is 110 g/mol. The van der Waals surface area contributed by atoms with Gasteiger partial charge in [-0.05, 0) is 19.4 Å². The van der Waals surface area contributed by atoms with Crippen molar-refractivity contribution in [3.8, 4) is 0 Å². The molecule has 0 spiro atoms. The summed E-state index contributed by atoms with van der Waals surface area (Å²) in [6.45, 7) is 2.31. The lowest BCUT2D eigenvalue weighted by molar-refractivity contribution is -0.865. The van der Waals surface area contributed by atoms with E-state index in [1.165, 1.54) is 12.8 Å². The second-order valence-electron chi connectivity index (χ2n) is 3.44. The maximum absolute atomic E-state index is 2.31. The molecule has 1 heterocycles. The first kappa shape index (κ1) is 6.81. The molecule has 0 aromatic heterocycles. The van der Waals surface area contributed by atoms with Gasteiger partial charge in [0.15, 0.2) is 0 Å². The molecule has 0 radical (unpaired) electrons. The third-order valence-corrected chi connectivity index (χ3v) is 2.38. The first-order valence-corrected chi connectivity index (χ1v) is 3.64. The summed E-state index contributed by atoms with van der Waals surface area (Å²) in [5.74, 6) is 0. The average Bonchev–Trinajstić information content (AvgIpc) is 1.77. The van der Waals surface area contributed by atoms with E-state index < -0.39 is 0 Å². The third kappa shape index (κ3) is 1.33. The highest BCUT2D eigenvalue weighted by Crippen LogP contribution is 2.18. The van der Waals surface area contributed by atoms with Crippen LogP contribution in [0.15, 0.2) is 12.3 Å². The zero-order chi connectivity index (χ0) is 6.91. The van der Waals surface area contributed by atoms with Crippen molar-refractivity contribution in [1.82, 2.24) is 0 Å². The highest BCUT2D eigenvalue weighted by molar-refractivity contribution is 4.80. The Morgan fingerprint density at radius 3 is 2.44 bits per heavy atom. The van der Waals surface area contributed by atoms with Crippen LogP contribution in [0.3, 0.4) is 0 Å². The Balaban J connectivity index is 2.68. The molecule has 9 heavy (non-hydrogen) atoms. The van der Waals surface area contributed by atoms with Gasteiger partial charge in [0.1, 0.15) is 0 Å². The Hall–Kier alpha value is -0.300. The first-order chi connectivity index (χ1) is 4.13. The Labute approximate surface area is 57.6 Å². The lowest BCUT2D eigenvalue weighted by atomic mass is 10.1. The van der Waals surface area contributed by atoms with Gasteiger partial charge in [-0.25, -0.2) is 0 Å². The molecule has 0 aliphatic carbocycles. The molecule has 0 aromatic carbocycles. The van der Waals surface area contributed by atoms with Gasteiger partial charge in [-0.3, -0.25) is 0 Å². The minimum absolute atomic E-state index is 0.801. The molecule has 1 rings (SSSR count). The Kier molecular flexibility index (Phi) is 1.62. The van der Waals surface area contributed by atoms with Crippen molar-refractivity contribution in [1.29, 1.82) is 0 Å². The van der Waals surface area contributed by atoms with Crippen molar-refractivity contribution < 1.29 is 4.48 Å². The van der Waals surface area contributed by atoms with Gasteiger partial charge < -0.3 is 4.48 Å². The first-order valence-electron chi connectivity index (χ1n) is 3.64. The predicted molar refractivity (Wildman–Crippen MR) is 39.9 cm³/mol. The standard InChI is InChI=1S/C8H16N/c1-8-6-4-5-7-9(8,2)3/h5,7-8H,4,6H2,1-3H3/q+1.